The summed E-state index contributed by atoms with van der Waals surface area (Å²) >= 11 is 3.56. The Morgan fingerprint density at radius 2 is 2.05 bits per heavy atom. The lowest BCUT2D eigenvalue weighted by atomic mass is 10.1. The van der Waals surface area contributed by atoms with E-state index in [4.69, 9.17) is 0 Å². The second-order valence-electron chi connectivity index (χ2n) is 5.70. The van der Waals surface area contributed by atoms with Crippen LogP contribution in [0.3, 0.4) is 0 Å². The lowest BCUT2D eigenvalue weighted by Crippen LogP contribution is -2.11. The largest absolute Gasteiger partial charge is 0.390 e. The number of benzene rings is 1. The van der Waals surface area contributed by atoms with Crippen LogP contribution >= 0.6 is 15.9 Å². The molecule has 2 atom stereocenters. The van der Waals surface area contributed by atoms with Gasteiger partial charge in [0.15, 0.2) is 0 Å². The molecular weight excluding hydrogens is 323 g/mol. The van der Waals surface area contributed by atoms with Crippen LogP contribution in [0.5, 0.6) is 0 Å². The molecule has 2 unspecified atom stereocenters. The summed E-state index contributed by atoms with van der Waals surface area (Å²) in [5.74, 6) is -0.0225. The van der Waals surface area contributed by atoms with E-state index in [0.29, 0.717) is 6.54 Å². The molecule has 1 fully saturated rings. The van der Waals surface area contributed by atoms with Crippen molar-refractivity contribution in [3.05, 3.63) is 40.2 Å². The van der Waals surface area contributed by atoms with Gasteiger partial charge in [-0.25, -0.2) is 4.39 Å². The van der Waals surface area contributed by atoms with E-state index in [1.165, 1.54) is 12.1 Å². The van der Waals surface area contributed by atoms with Crippen molar-refractivity contribution in [2.75, 3.05) is 0 Å². The molecule has 1 aromatic carbocycles. The fraction of sp³-hybridized carbons (Fsp3) is 0.400. The van der Waals surface area contributed by atoms with E-state index in [1.54, 1.807) is 12.1 Å². The Balaban J connectivity index is 1.98. The molecule has 2 aromatic rings. The van der Waals surface area contributed by atoms with E-state index in [-0.39, 0.29) is 11.7 Å². The number of nitrogens with zero attached hydrogens (tertiary/aromatic N) is 2. The summed E-state index contributed by atoms with van der Waals surface area (Å²) in [4.78, 5) is 0. The quantitative estimate of drug-likeness (QED) is 0.929. The van der Waals surface area contributed by atoms with Crippen molar-refractivity contribution < 1.29 is 9.50 Å². The van der Waals surface area contributed by atoms with Gasteiger partial charge < -0.3 is 5.11 Å². The summed E-state index contributed by atoms with van der Waals surface area (Å²) in [5.41, 5.74) is 2.17. The Kier molecular flexibility index (Phi) is 3.21. The smallest absolute Gasteiger partial charge is 0.123 e. The highest BCUT2D eigenvalue weighted by molar-refractivity contribution is 9.10. The monoisotopic (exact) mass is 338 g/mol. The van der Waals surface area contributed by atoms with Crippen molar-refractivity contribution in [1.82, 2.24) is 9.78 Å². The molecule has 1 heterocycles. The van der Waals surface area contributed by atoms with Gasteiger partial charge in [-0.2, -0.15) is 5.10 Å². The molecule has 20 heavy (non-hydrogen) atoms. The highest BCUT2D eigenvalue weighted by Crippen LogP contribution is 2.45. The highest BCUT2D eigenvalue weighted by Gasteiger charge is 2.48. The van der Waals surface area contributed by atoms with Crippen LogP contribution in [0.25, 0.3) is 11.3 Å². The van der Waals surface area contributed by atoms with Crippen molar-refractivity contribution >= 4 is 15.9 Å². The summed E-state index contributed by atoms with van der Waals surface area (Å²) in [6.07, 6.45) is 0.798. The van der Waals surface area contributed by atoms with Crippen LogP contribution in [0.2, 0.25) is 0 Å². The average molecular weight is 339 g/mol. The van der Waals surface area contributed by atoms with Gasteiger partial charge in [-0.1, -0.05) is 0 Å². The molecule has 0 radical (unpaired) electrons. The van der Waals surface area contributed by atoms with E-state index >= 15 is 0 Å². The molecule has 1 N–H and O–H groups in total. The average Bonchev–Trinajstić information content (AvgIpc) is 2.88. The van der Waals surface area contributed by atoms with Crippen molar-refractivity contribution in [3.63, 3.8) is 0 Å². The van der Waals surface area contributed by atoms with Gasteiger partial charge in [0.2, 0.25) is 0 Å². The molecule has 0 aliphatic heterocycles. The molecule has 1 saturated carbocycles. The predicted octanol–water partition coefficient (Wildman–Crippen LogP) is 3.53. The van der Waals surface area contributed by atoms with Crippen molar-refractivity contribution in [2.24, 2.45) is 5.92 Å². The molecular formula is C15H16BrFN2O. The van der Waals surface area contributed by atoms with E-state index in [2.05, 4.69) is 21.0 Å². The lowest BCUT2D eigenvalue weighted by molar-refractivity contribution is 0.147. The molecule has 5 heteroatoms. The van der Waals surface area contributed by atoms with Gasteiger partial charge in [0.25, 0.3) is 0 Å². The van der Waals surface area contributed by atoms with Crippen molar-refractivity contribution in [1.29, 1.82) is 0 Å². The molecule has 1 aliphatic rings. The first-order chi connectivity index (χ1) is 9.38. The van der Waals surface area contributed by atoms with Gasteiger partial charge in [0, 0.05) is 18.0 Å². The summed E-state index contributed by atoms with van der Waals surface area (Å²) in [5, 5.41) is 14.4. The van der Waals surface area contributed by atoms with Gasteiger partial charge >= 0.3 is 0 Å². The molecule has 0 bridgehead atoms. The zero-order chi connectivity index (χ0) is 14.5. The lowest BCUT2D eigenvalue weighted by Gasteiger charge is -2.09. The molecule has 1 aliphatic carbocycles. The summed E-state index contributed by atoms with van der Waals surface area (Å²) in [7, 11) is 0. The maximum absolute atomic E-state index is 13.1. The number of aliphatic hydroxyl groups is 1. The van der Waals surface area contributed by atoms with Crippen LogP contribution in [0, 0.1) is 18.7 Å². The van der Waals surface area contributed by atoms with Crippen LogP contribution in [0.15, 0.2) is 28.7 Å². The van der Waals surface area contributed by atoms with E-state index in [9.17, 15) is 9.50 Å². The Morgan fingerprint density at radius 1 is 1.45 bits per heavy atom. The summed E-state index contributed by atoms with van der Waals surface area (Å²) in [6, 6.07) is 6.39. The molecule has 106 valence electrons. The number of rotatable bonds is 3. The van der Waals surface area contributed by atoms with Crippen LogP contribution in [0.1, 0.15) is 19.0 Å². The Morgan fingerprint density at radius 3 is 2.60 bits per heavy atom. The van der Waals surface area contributed by atoms with Crippen molar-refractivity contribution in [3.8, 4) is 11.3 Å². The minimum atomic E-state index is -0.577. The molecule has 0 saturated heterocycles. The standard InChI is InChI=1S/C15H16BrFN2O/c1-9-13(16)14(10-3-5-12(17)6-4-10)19(18-9)8-11-7-15(11,2)20/h3-6,11,20H,7-8H2,1-2H3. The van der Waals surface area contributed by atoms with E-state index in [1.807, 2.05) is 18.5 Å². The van der Waals surface area contributed by atoms with Crippen LogP contribution in [-0.4, -0.2) is 20.5 Å². The normalized spacial score (nSPS) is 24.9. The topological polar surface area (TPSA) is 38.0 Å². The Hall–Kier alpha value is -1.20. The minimum absolute atomic E-state index is 0.230. The first kappa shape index (κ1) is 13.8. The first-order valence-corrected chi connectivity index (χ1v) is 7.39. The van der Waals surface area contributed by atoms with E-state index < -0.39 is 5.60 Å². The van der Waals surface area contributed by atoms with Crippen molar-refractivity contribution in [2.45, 2.75) is 32.4 Å². The van der Waals surface area contributed by atoms with Gasteiger partial charge in [-0.3, -0.25) is 4.68 Å². The maximum Gasteiger partial charge on any atom is 0.123 e. The third-order valence-corrected chi connectivity index (χ3v) is 4.89. The molecule has 0 amide bonds. The molecule has 1 aromatic heterocycles. The molecule has 3 nitrogen and oxygen atoms in total. The third-order valence-electron chi connectivity index (χ3n) is 3.94. The number of hydrogen-bond donors (Lipinski definition) is 1. The minimum Gasteiger partial charge on any atom is -0.390 e. The second kappa shape index (κ2) is 4.67. The highest BCUT2D eigenvalue weighted by atomic mass is 79.9. The summed E-state index contributed by atoms with van der Waals surface area (Å²) < 4.78 is 15.9. The van der Waals surface area contributed by atoms with Gasteiger partial charge in [0.05, 0.1) is 21.5 Å². The second-order valence-corrected chi connectivity index (χ2v) is 6.49. The predicted molar refractivity (Wildman–Crippen MR) is 78.8 cm³/mol. The SMILES string of the molecule is Cc1nn(CC2CC2(C)O)c(-c2ccc(F)cc2)c1Br. The zero-order valence-corrected chi connectivity index (χ0v) is 13.0. The Bertz CT molecular complexity index is 649. The van der Waals surface area contributed by atoms with Crippen LogP contribution < -0.4 is 0 Å². The third kappa shape index (κ3) is 2.40. The fourth-order valence-electron chi connectivity index (χ4n) is 2.49. The van der Waals surface area contributed by atoms with Gasteiger partial charge in [0.1, 0.15) is 5.82 Å². The van der Waals surface area contributed by atoms with Gasteiger partial charge in [-0.15, -0.1) is 0 Å². The fourth-order valence-corrected chi connectivity index (χ4v) is 3.00. The summed E-state index contributed by atoms with van der Waals surface area (Å²) in [6.45, 7) is 4.45. The number of hydrogen-bond acceptors (Lipinski definition) is 2. The van der Waals surface area contributed by atoms with E-state index in [0.717, 1.165) is 27.8 Å². The number of halogens is 2. The maximum atomic E-state index is 13.1. The molecule has 0 spiro atoms. The molecule has 3 rings (SSSR count). The number of aryl methyl sites for hydroxylation is 1. The van der Waals surface area contributed by atoms with Gasteiger partial charge in [-0.05, 0) is 60.5 Å². The Labute approximate surface area is 125 Å². The van der Waals surface area contributed by atoms with Crippen LogP contribution in [-0.2, 0) is 6.54 Å². The zero-order valence-electron chi connectivity index (χ0n) is 11.4. The van der Waals surface area contributed by atoms with Crippen LogP contribution in [0.4, 0.5) is 4.39 Å². The number of aromatic nitrogens is 2. The first-order valence-electron chi connectivity index (χ1n) is 6.60.